The van der Waals surface area contributed by atoms with E-state index < -0.39 is 23.8 Å². The lowest BCUT2D eigenvalue weighted by Crippen LogP contribution is -2.54. The second-order valence-corrected chi connectivity index (χ2v) is 9.73. The summed E-state index contributed by atoms with van der Waals surface area (Å²) in [7, 11) is 2.81. The van der Waals surface area contributed by atoms with Gasteiger partial charge in [0.2, 0.25) is 0 Å². The maximum absolute atomic E-state index is 13.4. The van der Waals surface area contributed by atoms with Gasteiger partial charge in [-0.2, -0.15) is 0 Å². The van der Waals surface area contributed by atoms with Crippen molar-refractivity contribution in [1.82, 2.24) is 5.32 Å². The molecule has 0 bridgehead atoms. The van der Waals surface area contributed by atoms with Gasteiger partial charge in [-0.05, 0) is 60.9 Å². The van der Waals surface area contributed by atoms with Crippen LogP contribution >= 0.6 is 11.6 Å². The van der Waals surface area contributed by atoms with Crippen molar-refractivity contribution in [2.24, 2.45) is 0 Å². The molecule has 3 aromatic carbocycles. The summed E-state index contributed by atoms with van der Waals surface area (Å²) in [5, 5.41) is 5.01. The van der Waals surface area contributed by atoms with Crippen LogP contribution in [0.2, 0.25) is 5.02 Å². The number of nitrogens with zero attached hydrogens (tertiary/aromatic N) is 1. The first-order valence-electron chi connectivity index (χ1n) is 13.2. The number of methoxy groups -OCH3 is 2. The average Bonchev–Trinajstić information content (AvgIpc) is 2.98. The molecular formula is C31H30ClN3O8. The molecule has 0 atom stereocenters. The van der Waals surface area contributed by atoms with E-state index in [-0.39, 0.29) is 34.4 Å². The Labute approximate surface area is 253 Å². The normalized spacial score (nSPS) is 13.9. The third kappa shape index (κ3) is 7.07. The molecular weight excluding hydrogens is 578 g/mol. The smallest absolute Gasteiger partial charge is 0.335 e. The Morgan fingerprint density at radius 1 is 0.977 bits per heavy atom. The highest BCUT2D eigenvalue weighted by Gasteiger charge is 2.37. The van der Waals surface area contributed by atoms with Crippen molar-refractivity contribution in [2.75, 3.05) is 37.7 Å². The summed E-state index contributed by atoms with van der Waals surface area (Å²) in [6, 6.07) is 13.9. The zero-order valence-corrected chi connectivity index (χ0v) is 24.7. The number of urea groups is 1. The summed E-state index contributed by atoms with van der Waals surface area (Å²) in [5.74, 6) is -1.14. The number of anilines is 2. The first-order chi connectivity index (χ1) is 20.7. The predicted octanol–water partition coefficient (Wildman–Crippen LogP) is 5.14. The molecule has 1 saturated heterocycles. The molecule has 43 heavy (non-hydrogen) atoms. The minimum Gasteiger partial charge on any atom is -0.493 e. The highest BCUT2D eigenvalue weighted by Crippen LogP contribution is 2.38. The number of para-hydroxylation sites is 1. The van der Waals surface area contributed by atoms with E-state index in [9.17, 15) is 19.2 Å². The minimum absolute atomic E-state index is 0.0684. The van der Waals surface area contributed by atoms with Crippen molar-refractivity contribution < 1.29 is 38.1 Å². The van der Waals surface area contributed by atoms with Crippen molar-refractivity contribution in [2.45, 2.75) is 20.3 Å². The molecule has 3 aromatic rings. The number of nitrogens with one attached hydrogen (secondary N) is 2. The Kier molecular flexibility index (Phi) is 9.89. The highest BCUT2D eigenvalue weighted by molar-refractivity contribution is 6.39. The van der Waals surface area contributed by atoms with E-state index in [2.05, 4.69) is 10.6 Å². The van der Waals surface area contributed by atoms with Gasteiger partial charge in [0.1, 0.15) is 5.57 Å². The van der Waals surface area contributed by atoms with Gasteiger partial charge in [-0.25, -0.2) is 9.69 Å². The molecule has 1 fully saturated rings. The fraction of sp³-hybridized carbons (Fsp3) is 0.226. The van der Waals surface area contributed by atoms with Gasteiger partial charge in [0, 0.05) is 11.8 Å². The number of ether oxygens (including phenoxy) is 4. The SMILES string of the molecule is CCCOc1ccc(N2C(=O)NC(=O)/C(=C/c3cc(Cl)c(OCC(=O)Nc4ccccc4C)c(OC)c3)C2=O)cc1OC. The average molecular weight is 608 g/mol. The number of halogens is 1. The number of imide groups is 2. The summed E-state index contributed by atoms with van der Waals surface area (Å²) >= 11 is 6.46. The maximum Gasteiger partial charge on any atom is 0.335 e. The molecule has 0 saturated carbocycles. The van der Waals surface area contributed by atoms with Crippen LogP contribution in [0.1, 0.15) is 24.5 Å². The van der Waals surface area contributed by atoms with Gasteiger partial charge >= 0.3 is 6.03 Å². The van der Waals surface area contributed by atoms with E-state index in [4.69, 9.17) is 30.5 Å². The van der Waals surface area contributed by atoms with E-state index >= 15 is 0 Å². The van der Waals surface area contributed by atoms with Crippen LogP contribution in [0.5, 0.6) is 23.0 Å². The number of benzene rings is 3. The van der Waals surface area contributed by atoms with E-state index in [0.29, 0.717) is 29.4 Å². The highest BCUT2D eigenvalue weighted by atomic mass is 35.5. The number of amides is 5. The number of aryl methyl sites for hydroxylation is 1. The number of carbonyl (C=O) groups is 4. The van der Waals surface area contributed by atoms with Gasteiger partial charge in [-0.3, -0.25) is 19.7 Å². The fourth-order valence-corrected chi connectivity index (χ4v) is 4.46. The van der Waals surface area contributed by atoms with Crippen LogP contribution in [0.3, 0.4) is 0 Å². The Hall–Kier alpha value is -5.03. The van der Waals surface area contributed by atoms with Crippen molar-refractivity contribution in [3.63, 3.8) is 0 Å². The second kappa shape index (κ2) is 13.8. The maximum atomic E-state index is 13.4. The standard InChI is InChI=1S/C31H30ClN3O8/c1-5-12-42-24-11-10-20(16-25(24)40-3)35-30(38)21(29(37)34-31(35)39)13-19-14-22(32)28(26(15-19)41-4)43-17-27(36)33-23-9-7-6-8-18(23)2/h6-11,13-16H,5,12,17H2,1-4H3,(H,33,36)(H,34,37,39)/b21-13-. The third-order valence-electron chi connectivity index (χ3n) is 6.30. The number of carbonyl (C=O) groups excluding carboxylic acids is 4. The van der Waals surface area contributed by atoms with Crippen LogP contribution in [0.15, 0.2) is 60.2 Å². The number of rotatable bonds is 11. The van der Waals surface area contributed by atoms with Gasteiger partial charge in [-0.15, -0.1) is 0 Å². The first kappa shape index (κ1) is 30.9. The molecule has 11 nitrogen and oxygen atoms in total. The number of hydrogen-bond acceptors (Lipinski definition) is 8. The summed E-state index contributed by atoms with van der Waals surface area (Å²) in [6.45, 7) is 3.93. The van der Waals surface area contributed by atoms with Crippen molar-refractivity contribution in [1.29, 1.82) is 0 Å². The molecule has 0 aromatic heterocycles. The van der Waals surface area contributed by atoms with Gasteiger partial charge in [0.25, 0.3) is 17.7 Å². The van der Waals surface area contributed by atoms with Gasteiger partial charge in [0.05, 0.1) is 31.5 Å². The van der Waals surface area contributed by atoms with Crippen LogP contribution in [0, 0.1) is 6.92 Å². The topological polar surface area (TPSA) is 132 Å². The summed E-state index contributed by atoms with van der Waals surface area (Å²) in [5.41, 5.74) is 1.70. The Morgan fingerprint density at radius 2 is 1.72 bits per heavy atom. The molecule has 0 spiro atoms. The molecule has 0 aliphatic carbocycles. The van der Waals surface area contributed by atoms with Gasteiger partial charge < -0.3 is 24.3 Å². The van der Waals surface area contributed by atoms with E-state index in [1.165, 1.54) is 44.6 Å². The predicted molar refractivity (Wildman–Crippen MR) is 161 cm³/mol. The fourth-order valence-electron chi connectivity index (χ4n) is 4.19. The molecule has 2 N–H and O–H groups in total. The second-order valence-electron chi connectivity index (χ2n) is 9.33. The van der Waals surface area contributed by atoms with Crippen molar-refractivity contribution in [3.8, 4) is 23.0 Å². The van der Waals surface area contributed by atoms with Crippen LogP contribution in [0.25, 0.3) is 6.08 Å². The molecule has 1 aliphatic rings. The Morgan fingerprint density at radius 3 is 2.42 bits per heavy atom. The number of barbiturate groups is 1. The van der Waals surface area contributed by atoms with Crippen LogP contribution in [0.4, 0.5) is 16.2 Å². The quantitative estimate of drug-likeness (QED) is 0.226. The van der Waals surface area contributed by atoms with Crippen molar-refractivity contribution >= 4 is 52.8 Å². The third-order valence-corrected chi connectivity index (χ3v) is 6.58. The molecule has 1 heterocycles. The lowest BCUT2D eigenvalue weighted by Gasteiger charge is -2.27. The van der Waals surface area contributed by atoms with E-state index in [1.807, 2.05) is 26.0 Å². The molecule has 224 valence electrons. The molecule has 4 rings (SSSR count). The minimum atomic E-state index is -0.917. The first-order valence-corrected chi connectivity index (χ1v) is 13.6. The van der Waals surface area contributed by atoms with Crippen LogP contribution in [-0.2, 0) is 14.4 Å². The number of hydrogen-bond donors (Lipinski definition) is 2. The lowest BCUT2D eigenvalue weighted by atomic mass is 10.1. The molecule has 0 radical (unpaired) electrons. The summed E-state index contributed by atoms with van der Waals surface area (Å²) < 4.78 is 22.1. The summed E-state index contributed by atoms with van der Waals surface area (Å²) in [4.78, 5) is 52.2. The summed E-state index contributed by atoms with van der Waals surface area (Å²) in [6.07, 6.45) is 2.05. The van der Waals surface area contributed by atoms with Gasteiger partial charge in [-0.1, -0.05) is 36.7 Å². The Balaban J connectivity index is 1.57. The van der Waals surface area contributed by atoms with Crippen molar-refractivity contribution in [3.05, 3.63) is 76.3 Å². The molecule has 0 unspecified atom stereocenters. The zero-order chi connectivity index (χ0) is 31.1. The molecule has 1 aliphatic heterocycles. The molecule has 5 amide bonds. The van der Waals surface area contributed by atoms with E-state index in [1.54, 1.807) is 18.2 Å². The Bertz CT molecular complexity index is 1600. The van der Waals surface area contributed by atoms with Crippen LogP contribution in [-0.4, -0.2) is 51.2 Å². The lowest BCUT2D eigenvalue weighted by molar-refractivity contribution is -0.122. The van der Waals surface area contributed by atoms with E-state index in [0.717, 1.165) is 16.9 Å². The molecule has 12 heteroatoms. The largest absolute Gasteiger partial charge is 0.493 e. The van der Waals surface area contributed by atoms with Gasteiger partial charge in [0.15, 0.2) is 29.6 Å². The van der Waals surface area contributed by atoms with Crippen LogP contribution < -0.4 is 34.5 Å². The zero-order valence-electron chi connectivity index (χ0n) is 24.0. The monoisotopic (exact) mass is 607 g/mol.